The van der Waals surface area contributed by atoms with E-state index >= 15 is 0 Å². The summed E-state index contributed by atoms with van der Waals surface area (Å²) in [7, 11) is -3.45. The van der Waals surface area contributed by atoms with E-state index in [1.807, 2.05) is 38.1 Å². The summed E-state index contributed by atoms with van der Waals surface area (Å²) >= 11 is 0. The van der Waals surface area contributed by atoms with Crippen LogP contribution in [0, 0.1) is 5.92 Å². The Morgan fingerprint density at radius 1 is 1.23 bits per heavy atom. The molecular formula is C19H31N3O3S. The van der Waals surface area contributed by atoms with Gasteiger partial charge in [0.25, 0.3) is 0 Å². The Balaban J connectivity index is 2.07. The molecule has 0 atom stereocenters. The molecule has 1 aliphatic heterocycles. The molecule has 1 heterocycles. The molecule has 1 aliphatic rings. The second kappa shape index (κ2) is 8.75. The average Bonchev–Trinajstić information content (AvgIpc) is 2.54. The third-order valence-corrected chi connectivity index (χ3v) is 5.87. The van der Waals surface area contributed by atoms with Crippen molar-refractivity contribution in [2.24, 2.45) is 5.92 Å². The Kier molecular flexibility index (Phi) is 6.92. The number of carbonyl (C=O) groups is 1. The van der Waals surface area contributed by atoms with Crippen molar-refractivity contribution in [2.75, 3.05) is 35.1 Å². The monoisotopic (exact) mass is 381 g/mol. The van der Waals surface area contributed by atoms with Crippen molar-refractivity contribution in [3.8, 4) is 0 Å². The minimum absolute atomic E-state index is 0.0423. The lowest BCUT2D eigenvalue weighted by molar-refractivity contribution is -0.121. The summed E-state index contributed by atoms with van der Waals surface area (Å²) in [5.74, 6) is 0.621. The number of rotatable bonds is 7. The smallest absolute Gasteiger partial charge is 0.232 e. The second-order valence-corrected chi connectivity index (χ2v) is 9.40. The van der Waals surface area contributed by atoms with Gasteiger partial charge in [-0.25, -0.2) is 8.42 Å². The van der Waals surface area contributed by atoms with Gasteiger partial charge in [-0.3, -0.25) is 9.10 Å². The van der Waals surface area contributed by atoms with Crippen LogP contribution in [-0.4, -0.2) is 46.3 Å². The molecule has 1 fully saturated rings. The Morgan fingerprint density at radius 2 is 1.81 bits per heavy atom. The summed E-state index contributed by atoms with van der Waals surface area (Å²) in [6.07, 6.45) is 3.68. The van der Waals surface area contributed by atoms with Crippen molar-refractivity contribution in [2.45, 2.75) is 46.1 Å². The average molecular weight is 382 g/mol. The quantitative estimate of drug-likeness (QED) is 0.788. The highest BCUT2D eigenvalue weighted by Crippen LogP contribution is 2.26. The first-order valence-corrected chi connectivity index (χ1v) is 11.1. The van der Waals surface area contributed by atoms with Crippen molar-refractivity contribution < 1.29 is 13.2 Å². The van der Waals surface area contributed by atoms with Gasteiger partial charge in [-0.05, 0) is 56.9 Å². The van der Waals surface area contributed by atoms with Crippen LogP contribution < -0.4 is 14.5 Å². The Morgan fingerprint density at radius 3 is 2.31 bits per heavy atom. The molecule has 0 aromatic heterocycles. The second-order valence-electron chi connectivity index (χ2n) is 7.49. The van der Waals surface area contributed by atoms with Crippen LogP contribution in [-0.2, 0) is 14.8 Å². The molecule has 146 valence electrons. The zero-order valence-corrected chi connectivity index (χ0v) is 17.1. The number of piperidine rings is 1. The normalized spacial score (nSPS) is 16.0. The van der Waals surface area contributed by atoms with Crippen LogP contribution in [0.25, 0.3) is 0 Å². The van der Waals surface area contributed by atoms with E-state index in [-0.39, 0.29) is 24.9 Å². The Labute approximate surface area is 157 Å². The molecule has 1 N–H and O–H groups in total. The number of sulfonamides is 1. The Hall–Kier alpha value is -1.76. The SMILES string of the molecule is CC1CCN(c2ccc(N(CCC(=O)NC(C)C)S(C)(=O)=O)cc2)CC1. The first-order valence-electron chi connectivity index (χ1n) is 9.29. The molecule has 7 heteroatoms. The lowest BCUT2D eigenvalue weighted by Crippen LogP contribution is -2.36. The Bertz CT molecular complexity index is 693. The molecule has 1 saturated heterocycles. The van der Waals surface area contributed by atoms with Crippen LogP contribution in [0.1, 0.15) is 40.0 Å². The van der Waals surface area contributed by atoms with Crippen LogP contribution in [0.5, 0.6) is 0 Å². The fraction of sp³-hybridized carbons (Fsp3) is 0.632. The number of nitrogens with one attached hydrogen (secondary N) is 1. The lowest BCUT2D eigenvalue weighted by Gasteiger charge is -2.32. The highest BCUT2D eigenvalue weighted by atomic mass is 32.2. The topological polar surface area (TPSA) is 69.7 Å². The zero-order valence-electron chi connectivity index (χ0n) is 16.2. The third-order valence-electron chi connectivity index (χ3n) is 4.68. The zero-order chi connectivity index (χ0) is 19.3. The molecule has 0 radical (unpaired) electrons. The highest BCUT2D eigenvalue weighted by Gasteiger charge is 2.20. The van der Waals surface area contributed by atoms with E-state index in [1.54, 1.807) is 0 Å². The van der Waals surface area contributed by atoms with E-state index in [0.717, 1.165) is 24.7 Å². The third kappa shape index (κ3) is 5.90. The van der Waals surface area contributed by atoms with Crippen molar-refractivity contribution >= 4 is 27.3 Å². The van der Waals surface area contributed by atoms with Gasteiger partial charge in [-0.2, -0.15) is 0 Å². The van der Waals surface area contributed by atoms with E-state index in [0.29, 0.717) is 5.69 Å². The number of hydrogen-bond donors (Lipinski definition) is 1. The summed E-state index contributed by atoms with van der Waals surface area (Å²) in [5.41, 5.74) is 1.71. The minimum atomic E-state index is -3.45. The molecule has 6 nitrogen and oxygen atoms in total. The molecule has 0 bridgehead atoms. The van der Waals surface area contributed by atoms with E-state index in [1.165, 1.54) is 23.4 Å². The summed E-state index contributed by atoms with van der Waals surface area (Å²) < 4.78 is 25.6. The molecule has 0 unspecified atom stereocenters. The van der Waals surface area contributed by atoms with E-state index in [2.05, 4.69) is 17.1 Å². The minimum Gasteiger partial charge on any atom is -0.372 e. The predicted octanol–water partition coefficient (Wildman–Crippen LogP) is 2.60. The molecule has 1 aromatic carbocycles. The number of carbonyl (C=O) groups excluding carboxylic acids is 1. The summed E-state index contributed by atoms with van der Waals surface area (Å²) in [6, 6.07) is 7.64. The predicted molar refractivity (Wildman–Crippen MR) is 107 cm³/mol. The van der Waals surface area contributed by atoms with Gasteiger partial charge in [0.05, 0.1) is 11.9 Å². The highest BCUT2D eigenvalue weighted by molar-refractivity contribution is 7.92. The van der Waals surface area contributed by atoms with Gasteiger partial charge in [0.1, 0.15) is 0 Å². The van der Waals surface area contributed by atoms with Crippen LogP contribution in [0.15, 0.2) is 24.3 Å². The van der Waals surface area contributed by atoms with Gasteiger partial charge < -0.3 is 10.2 Å². The molecule has 26 heavy (non-hydrogen) atoms. The van der Waals surface area contributed by atoms with Gasteiger partial charge in [0.2, 0.25) is 15.9 Å². The number of hydrogen-bond acceptors (Lipinski definition) is 4. The molecular weight excluding hydrogens is 350 g/mol. The molecule has 2 rings (SSSR count). The van der Waals surface area contributed by atoms with E-state index in [4.69, 9.17) is 0 Å². The standard InChI is InChI=1S/C19H31N3O3S/c1-15(2)20-19(23)11-14-22(26(4,24)25)18-7-5-17(6-8-18)21-12-9-16(3)10-13-21/h5-8,15-16H,9-14H2,1-4H3,(H,20,23). The maximum Gasteiger partial charge on any atom is 0.232 e. The number of amides is 1. The van der Waals surface area contributed by atoms with Gasteiger partial charge in [0.15, 0.2) is 0 Å². The van der Waals surface area contributed by atoms with Crippen LogP contribution in [0.2, 0.25) is 0 Å². The van der Waals surface area contributed by atoms with Crippen LogP contribution in [0.4, 0.5) is 11.4 Å². The van der Waals surface area contributed by atoms with Gasteiger partial charge >= 0.3 is 0 Å². The summed E-state index contributed by atoms with van der Waals surface area (Å²) in [6.45, 7) is 8.24. The van der Waals surface area contributed by atoms with Crippen LogP contribution >= 0.6 is 0 Å². The fourth-order valence-corrected chi connectivity index (χ4v) is 4.11. The number of nitrogens with zero attached hydrogens (tertiary/aromatic N) is 2. The van der Waals surface area contributed by atoms with Gasteiger partial charge in [0, 0.05) is 37.8 Å². The number of benzene rings is 1. The summed E-state index contributed by atoms with van der Waals surface area (Å²) in [5, 5.41) is 2.79. The molecule has 0 aliphatic carbocycles. The van der Waals surface area contributed by atoms with Crippen molar-refractivity contribution in [3.63, 3.8) is 0 Å². The molecule has 1 aromatic rings. The first-order chi connectivity index (χ1) is 12.2. The maximum absolute atomic E-state index is 12.2. The fourth-order valence-electron chi connectivity index (χ4n) is 3.18. The van der Waals surface area contributed by atoms with Gasteiger partial charge in [-0.15, -0.1) is 0 Å². The van der Waals surface area contributed by atoms with E-state index < -0.39 is 10.0 Å². The van der Waals surface area contributed by atoms with Gasteiger partial charge in [-0.1, -0.05) is 6.92 Å². The van der Waals surface area contributed by atoms with Crippen molar-refractivity contribution in [3.05, 3.63) is 24.3 Å². The first kappa shape index (κ1) is 20.6. The van der Waals surface area contributed by atoms with Crippen molar-refractivity contribution in [1.82, 2.24) is 5.32 Å². The van der Waals surface area contributed by atoms with E-state index in [9.17, 15) is 13.2 Å². The lowest BCUT2D eigenvalue weighted by atomic mass is 9.99. The summed E-state index contributed by atoms with van der Waals surface area (Å²) in [4.78, 5) is 14.2. The maximum atomic E-state index is 12.2. The van der Waals surface area contributed by atoms with Crippen LogP contribution in [0.3, 0.4) is 0 Å². The number of anilines is 2. The molecule has 0 saturated carbocycles. The molecule has 0 spiro atoms. The molecule has 1 amide bonds. The van der Waals surface area contributed by atoms with Crippen molar-refractivity contribution in [1.29, 1.82) is 0 Å². The largest absolute Gasteiger partial charge is 0.372 e.